The summed E-state index contributed by atoms with van der Waals surface area (Å²) >= 11 is 0. The molecule has 0 radical (unpaired) electrons. The Morgan fingerprint density at radius 2 is 2.31 bits per heavy atom. The van der Waals surface area contributed by atoms with Gasteiger partial charge in [0.1, 0.15) is 0 Å². The maximum atomic E-state index is 11.4. The van der Waals surface area contributed by atoms with E-state index in [2.05, 4.69) is 0 Å². The van der Waals surface area contributed by atoms with Crippen LogP contribution in [0.15, 0.2) is 18.2 Å². The first-order valence-electron chi connectivity index (χ1n) is 4.31. The number of para-hydroxylation sites is 1. The molecule has 1 heterocycles. The zero-order valence-corrected chi connectivity index (χ0v) is 7.58. The fourth-order valence-corrected chi connectivity index (χ4v) is 1.79. The van der Waals surface area contributed by atoms with E-state index in [-0.39, 0.29) is 5.91 Å². The lowest BCUT2D eigenvalue weighted by Crippen LogP contribution is -2.22. The standard InChI is InChI=1S/C10H12N2O/c1-12-9(13)5-7-3-2-4-8(6-11)10(7)12/h2-4H,5-6,11H2,1H3. The van der Waals surface area contributed by atoms with Crippen LogP contribution in [-0.4, -0.2) is 13.0 Å². The van der Waals surface area contributed by atoms with Crippen molar-refractivity contribution in [2.45, 2.75) is 13.0 Å². The number of fused-ring (bicyclic) bond motifs is 1. The molecule has 2 rings (SSSR count). The van der Waals surface area contributed by atoms with Crippen molar-refractivity contribution in [1.82, 2.24) is 0 Å². The lowest BCUT2D eigenvalue weighted by Gasteiger charge is -2.13. The number of hydrogen-bond acceptors (Lipinski definition) is 2. The van der Waals surface area contributed by atoms with Gasteiger partial charge in [0, 0.05) is 13.6 Å². The second-order valence-corrected chi connectivity index (χ2v) is 3.26. The first-order valence-corrected chi connectivity index (χ1v) is 4.31. The van der Waals surface area contributed by atoms with E-state index in [1.54, 1.807) is 11.9 Å². The van der Waals surface area contributed by atoms with Crippen LogP contribution in [0.25, 0.3) is 0 Å². The van der Waals surface area contributed by atoms with Gasteiger partial charge in [0.05, 0.1) is 12.1 Å². The third-order valence-electron chi connectivity index (χ3n) is 2.47. The van der Waals surface area contributed by atoms with Gasteiger partial charge in [-0.25, -0.2) is 0 Å². The van der Waals surface area contributed by atoms with Crippen molar-refractivity contribution in [3.63, 3.8) is 0 Å². The van der Waals surface area contributed by atoms with Crippen LogP contribution in [0.3, 0.4) is 0 Å². The van der Waals surface area contributed by atoms with Gasteiger partial charge in [-0.2, -0.15) is 0 Å². The predicted molar refractivity (Wildman–Crippen MR) is 51.4 cm³/mol. The third-order valence-corrected chi connectivity index (χ3v) is 2.47. The molecule has 1 aliphatic heterocycles. The smallest absolute Gasteiger partial charge is 0.231 e. The van der Waals surface area contributed by atoms with Crippen molar-refractivity contribution in [2.75, 3.05) is 11.9 Å². The number of benzene rings is 1. The summed E-state index contributed by atoms with van der Waals surface area (Å²) in [4.78, 5) is 13.1. The summed E-state index contributed by atoms with van der Waals surface area (Å²) in [7, 11) is 1.80. The van der Waals surface area contributed by atoms with Crippen LogP contribution in [0.4, 0.5) is 5.69 Å². The van der Waals surface area contributed by atoms with Gasteiger partial charge in [-0.1, -0.05) is 18.2 Å². The monoisotopic (exact) mass is 176 g/mol. The quantitative estimate of drug-likeness (QED) is 0.683. The van der Waals surface area contributed by atoms with Gasteiger partial charge in [0.25, 0.3) is 0 Å². The first kappa shape index (κ1) is 8.26. The summed E-state index contributed by atoms with van der Waals surface area (Å²) in [5, 5.41) is 0. The molecule has 0 saturated carbocycles. The maximum Gasteiger partial charge on any atom is 0.231 e. The highest BCUT2D eigenvalue weighted by molar-refractivity contribution is 6.01. The van der Waals surface area contributed by atoms with Gasteiger partial charge in [0.2, 0.25) is 5.91 Å². The van der Waals surface area contributed by atoms with E-state index in [1.807, 2.05) is 18.2 Å². The van der Waals surface area contributed by atoms with Gasteiger partial charge in [-0.05, 0) is 11.1 Å². The molecule has 3 heteroatoms. The molecule has 0 fully saturated rings. The lowest BCUT2D eigenvalue weighted by atomic mass is 10.1. The minimum Gasteiger partial charge on any atom is -0.326 e. The van der Waals surface area contributed by atoms with Crippen LogP contribution < -0.4 is 10.6 Å². The Morgan fingerprint density at radius 1 is 1.54 bits per heavy atom. The van der Waals surface area contributed by atoms with Crippen molar-refractivity contribution < 1.29 is 4.79 Å². The minimum atomic E-state index is 0.149. The normalized spacial score (nSPS) is 14.9. The zero-order chi connectivity index (χ0) is 9.42. The Labute approximate surface area is 77.1 Å². The van der Waals surface area contributed by atoms with E-state index in [0.717, 1.165) is 16.8 Å². The van der Waals surface area contributed by atoms with Crippen molar-refractivity contribution >= 4 is 11.6 Å². The van der Waals surface area contributed by atoms with Crippen LogP contribution in [-0.2, 0) is 17.8 Å². The molecule has 0 bridgehead atoms. The number of hydrogen-bond donors (Lipinski definition) is 1. The number of carbonyl (C=O) groups excluding carboxylic acids is 1. The fraction of sp³-hybridized carbons (Fsp3) is 0.300. The van der Waals surface area contributed by atoms with Crippen molar-refractivity contribution in [2.24, 2.45) is 5.73 Å². The van der Waals surface area contributed by atoms with Crippen LogP contribution in [0.2, 0.25) is 0 Å². The highest BCUT2D eigenvalue weighted by Crippen LogP contribution is 2.30. The summed E-state index contributed by atoms with van der Waals surface area (Å²) in [5.74, 6) is 0.149. The molecule has 0 aromatic heterocycles. The number of nitrogens with two attached hydrogens (primary N) is 1. The molecule has 1 aromatic rings. The summed E-state index contributed by atoms with van der Waals surface area (Å²) < 4.78 is 0. The Balaban J connectivity index is 2.57. The topological polar surface area (TPSA) is 46.3 Å². The summed E-state index contributed by atoms with van der Waals surface area (Å²) in [5.41, 5.74) is 8.74. The second kappa shape index (κ2) is 2.85. The van der Waals surface area contributed by atoms with E-state index in [4.69, 9.17) is 5.73 Å². The maximum absolute atomic E-state index is 11.4. The van der Waals surface area contributed by atoms with Gasteiger partial charge < -0.3 is 10.6 Å². The predicted octanol–water partition coefficient (Wildman–Crippen LogP) is 0.664. The summed E-state index contributed by atoms with van der Waals surface area (Å²) in [6, 6.07) is 5.90. The van der Waals surface area contributed by atoms with E-state index < -0.39 is 0 Å². The minimum absolute atomic E-state index is 0.149. The molecule has 13 heavy (non-hydrogen) atoms. The molecule has 1 aliphatic rings. The van der Waals surface area contributed by atoms with Gasteiger partial charge in [-0.15, -0.1) is 0 Å². The number of anilines is 1. The van der Waals surface area contributed by atoms with Crippen LogP contribution in [0.5, 0.6) is 0 Å². The van der Waals surface area contributed by atoms with Crippen molar-refractivity contribution in [3.05, 3.63) is 29.3 Å². The number of likely N-dealkylation sites (N-methyl/N-ethyl adjacent to an activating group) is 1. The molecule has 3 nitrogen and oxygen atoms in total. The van der Waals surface area contributed by atoms with E-state index in [0.29, 0.717) is 13.0 Å². The summed E-state index contributed by atoms with van der Waals surface area (Å²) in [6.07, 6.45) is 0.514. The van der Waals surface area contributed by atoms with E-state index >= 15 is 0 Å². The molecule has 1 aromatic carbocycles. The Morgan fingerprint density at radius 3 is 3.00 bits per heavy atom. The SMILES string of the molecule is CN1C(=O)Cc2cccc(CN)c21. The summed E-state index contributed by atoms with van der Waals surface area (Å²) in [6.45, 7) is 0.487. The second-order valence-electron chi connectivity index (χ2n) is 3.26. The lowest BCUT2D eigenvalue weighted by molar-refractivity contribution is -0.117. The van der Waals surface area contributed by atoms with Gasteiger partial charge >= 0.3 is 0 Å². The van der Waals surface area contributed by atoms with E-state index in [9.17, 15) is 4.79 Å². The number of carbonyl (C=O) groups is 1. The number of amides is 1. The van der Waals surface area contributed by atoms with Gasteiger partial charge in [0.15, 0.2) is 0 Å². The average Bonchev–Trinajstić information content (AvgIpc) is 2.43. The Hall–Kier alpha value is -1.35. The van der Waals surface area contributed by atoms with E-state index in [1.165, 1.54) is 0 Å². The Kier molecular flexibility index (Phi) is 1.81. The third kappa shape index (κ3) is 1.12. The largest absolute Gasteiger partial charge is 0.326 e. The molecule has 0 aliphatic carbocycles. The Bertz CT molecular complexity index is 360. The highest BCUT2D eigenvalue weighted by atomic mass is 16.2. The van der Waals surface area contributed by atoms with Crippen LogP contribution in [0, 0.1) is 0 Å². The molecule has 68 valence electrons. The first-order chi connectivity index (χ1) is 6.24. The highest BCUT2D eigenvalue weighted by Gasteiger charge is 2.25. The van der Waals surface area contributed by atoms with Gasteiger partial charge in [-0.3, -0.25) is 4.79 Å². The van der Waals surface area contributed by atoms with Crippen LogP contribution >= 0.6 is 0 Å². The molecule has 0 spiro atoms. The van der Waals surface area contributed by atoms with Crippen molar-refractivity contribution in [3.8, 4) is 0 Å². The number of rotatable bonds is 1. The fourth-order valence-electron chi connectivity index (χ4n) is 1.79. The zero-order valence-electron chi connectivity index (χ0n) is 7.58. The molecule has 0 unspecified atom stereocenters. The molecular formula is C10H12N2O. The molecule has 0 saturated heterocycles. The number of nitrogens with zero attached hydrogens (tertiary/aromatic N) is 1. The van der Waals surface area contributed by atoms with Crippen LogP contribution in [0.1, 0.15) is 11.1 Å². The molecular weight excluding hydrogens is 164 g/mol. The average molecular weight is 176 g/mol. The molecule has 0 atom stereocenters. The molecule has 1 amide bonds. The molecule has 2 N–H and O–H groups in total. The van der Waals surface area contributed by atoms with Crippen molar-refractivity contribution in [1.29, 1.82) is 0 Å².